The van der Waals surface area contributed by atoms with Gasteiger partial charge in [-0.2, -0.15) is 0 Å². The number of carboxylic acid groups (broad SMARTS) is 1. The molecule has 19 heavy (non-hydrogen) atoms. The summed E-state index contributed by atoms with van der Waals surface area (Å²) in [7, 11) is 3.86. The summed E-state index contributed by atoms with van der Waals surface area (Å²) in [6.45, 7) is 0.620. The van der Waals surface area contributed by atoms with Gasteiger partial charge in [-0.1, -0.05) is 11.6 Å². The van der Waals surface area contributed by atoms with Gasteiger partial charge in [-0.3, -0.25) is 9.69 Å². The molecule has 6 nitrogen and oxygen atoms in total. The predicted molar refractivity (Wildman–Crippen MR) is 71.8 cm³/mol. The van der Waals surface area contributed by atoms with Crippen molar-refractivity contribution in [1.82, 2.24) is 15.1 Å². The van der Waals surface area contributed by atoms with Gasteiger partial charge in [0, 0.05) is 12.6 Å². The molecule has 2 unspecified atom stereocenters. The summed E-state index contributed by atoms with van der Waals surface area (Å²) >= 11 is 7.84. The minimum absolute atomic E-state index is 0.0489. The Labute approximate surface area is 119 Å². The number of carbonyl (C=O) groups excluding carboxylic acids is 1. The van der Waals surface area contributed by atoms with Gasteiger partial charge < -0.3 is 15.3 Å². The van der Waals surface area contributed by atoms with Crippen LogP contribution >= 0.6 is 23.4 Å². The molecule has 104 valence electrons. The van der Waals surface area contributed by atoms with Crippen LogP contribution in [0.25, 0.3) is 0 Å². The molecule has 8 heteroatoms. The number of amides is 1. The standard InChI is InChI=1S/C11H14ClN3O3S/c1-14(2)4-3-13-6-9(16)15-7(11(17)18)5(12)8(4)19-10(6)15/h4,6,8,10,13H,3H2,1-2H3,(H,17,18)/t4?,6-,8?,10-/m0/s1. The van der Waals surface area contributed by atoms with Crippen LogP contribution in [0.3, 0.4) is 0 Å². The first kappa shape index (κ1) is 13.2. The van der Waals surface area contributed by atoms with E-state index in [1.54, 1.807) is 11.8 Å². The van der Waals surface area contributed by atoms with Crippen LogP contribution in [0.1, 0.15) is 0 Å². The van der Waals surface area contributed by atoms with Crippen molar-refractivity contribution in [3.05, 3.63) is 10.7 Å². The fourth-order valence-corrected chi connectivity index (χ4v) is 4.99. The van der Waals surface area contributed by atoms with Crippen molar-refractivity contribution in [1.29, 1.82) is 0 Å². The highest BCUT2D eigenvalue weighted by Crippen LogP contribution is 2.48. The number of hydrogen-bond donors (Lipinski definition) is 2. The third-order valence-corrected chi connectivity index (χ3v) is 5.96. The van der Waals surface area contributed by atoms with Gasteiger partial charge in [0.2, 0.25) is 5.91 Å². The van der Waals surface area contributed by atoms with Crippen molar-refractivity contribution in [2.45, 2.75) is 22.7 Å². The van der Waals surface area contributed by atoms with Crippen LogP contribution in [0.5, 0.6) is 0 Å². The molecule has 0 aromatic heterocycles. The molecule has 0 aromatic rings. The van der Waals surface area contributed by atoms with Crippen LogP contribution in [0.4, 0.5) is 0 Å². The van der Waals surface area contributed by atoms with Gasteiger partial charge >= 0.3 is 5.97 Å². The van der Waals surface area contributed by atoms with E-state index in [4.69, 9.17) is 11.6 Å². The van der Waals surface area contributed by atoms with Gasteiger partial charge in [0.25, 0.3) is 0 Å². The van der Waals surface area contributed by atoms with E-state index in [1.807, 2.05) is 19.0 Å². The second-order valence-corrected chi connectivity index (χ2v) is 6.74. The molecule has 1 amide bonds. The van der Waals surface area contributed by atoms with E-state index in [0.29, 0.717) is 6.54 Å². The number of nitrogens with zero attached hydrogens (tertiary/aromatic N) is 2. The van der Waals surface area contributed by atoms with Crippen LogP contribution in [0.15, 0.2) is 10.7 Å². The summed E-state index contributed by atoms with van der Waals surface area (Å²) in [6, 6.07) is -0.232. The normalized spacial score (nSPS) is 37.3. The number of nitrogens with one attached hydrogen (secondary N) is 1. The van der Waals surface area contributed by atoms with Crippen LogP contribution in [-0.2, 0) is 9.59 Å². The molecule has 0 radical (unpaired) electrons. The van der Waals surface area contributed by atoms with E-state index < -0.39 is 5.97 Å². The molecule has 2 fully saturated rings. The molecule has 2 bridgehead atoms. The lowest BCUT2D eigenvalue weighted by molar-refractivity contribution is -0.149. The van der Waals surface area contributed by atoms with Crippen molar-refractivity contribution in [3.8, 4) is 0 Å². The van der Waals surface area contributed by atoms with Gasteiger partial charge in [-0.25, -0.2) is 4.79 Å². The Bertz CT molecular complexity index is 496. The predicted octanol–water partition coefficient (Wildman–Crippen LogP) is -0.293. The Balaban J connectivity index is 2.08. The van der Waals surface area contributed by atoms with Crippen molar-refractivity contribution >= 4 is 35.2 Å². The molecule has 0 aromatic carbocycles. The van der Waals surface area contributed by atoms with E-state index in [-0.39, 0.29) is 39.3 Å². The first-order chi connectivity index (χ1) is 8.93. The first-order valence-electron chi connectivity index (χ1n) is 5.94. The number of halogens is 1. The van der Waals surface area contributed by atoms with Gasteiger partial charge in [-0.15, -0.1) is 11.8 Å². The summed E-state index contributed by atoms with van der Waals surface area (Å²) < 4.78 is 0. The average molecular weight is 304 g/mol. The van der Waals surface area contributed by atoms with Gasteiger partial charge in [0.1, 0.15) is 17.1 Å². The number of β-lactam (4-membered cyclic amide) rings is 1. The topological polar surface area (TPSA) is 72.9 Å². The summed E-state index contributed by atoms with van der Waals surface area (Å²) in [5.74, 6) is -1.34. The lowest BCUT2D eigenvalue weighted by Crippen LogP contribution is -2.69. The van der Waals surface area contributed by atoms with E-state index in [0.717, 1.165) is 0 Å². The van der Waals surface area contributed by atoms with Crippen LogP contribution in [0, 0.1) is 0 Å². The molecule has 3 aliphatic rings. The van der Waals surface area contributed by atoms with Crippen LogP contribution < -0.4 is 5.32 Å². The smallest absolute Gasteiger partial charge is 0.353 e. The number of aliphatic carboxylic acids is 1. The minimum atomic E-state index is -1.13. The quantitative estimate of drug-likeness (QED) is 0.683. The Morgan fingerprint density at radius 1 is 1.58 bits per heavy atom. The Morgan fingerprint density at radius 2 is 2.26 bits per heavy atom. The summed E-state index contributed by atoms with van der Waals surface area (Å²) in [5, 5.41) is 12.5. The maximum absolute atomic E-state index is 12.0. The number of likely N-dealkylation sites (N-methyl/N-ethyl adjacent to an activating group) is 1. The molecular formula is C11H14ClN3O3S. The van der Waals surface area contributed by atoms with E-state index >= 15 is 0 Å². The Morgan fingerprint density at radius 3 is 2.84 bits per heavy atom. The number of carbonyl (C=O) groups is 2. The number of thioether (sulfide) groups is 1. The maximum atomic E-state index is 12.0. The molecule has 0 aliphatic carbocycles. The third-order valence-electron chi connectivity index (χ3n) is 3.81. The second-order valence-electron chi connectivity index (χ2n) is 5.07. The van der Waals surface area contributed by atoms with Crippen LogP contribution in [0.2, 0.25) is 0 Å². The fourth-order valence-electron chi connectivity index (χ4n) is 2.76. The highest BCUT2D eigenvalue weighted by molar-refractivity contribution is 8.01. The number of hydrogen-bond acceptors (Lipinski definition) is 5. The Hall–Kier alpha value is -0.760. The molecule has 4 atom stereocenters. The SMILES string of the molecule is CN(C)C1CN[C@H]2C(=O)N3C(C(=O)O)=C(Cl)C1S[C@@H]23. The molecule has 2 N–H and O–H groups in total. The van der Waals surface area contributed by atoms with Gasteiger partial charge in [0.05, 0.1) is 10.3 Å². The van der Waals surface area contributed by atoms with Crippen molar-refractivity contribution < 1.29 is 14.7 Å². The number of carboxylic acids is 1. The lowest BCUT2D eigenvalue weighted by atomic mass is 10.1. The highest BCUT2D eigenvalue weighted by atomic mass is 35.5. The molecule has 0 spiro atoms. The van der Waals surface area contributed by atoms with E-state index in [1.165, 1.54) is 4.90 Å². The van der Waals surface area contributed by atoms with Crippen molar-refractivity contribution in [2.75, 3.05) is 20.6 Å². The van der Waals surface area contributed by atoms with Gasteiger partial charge in [-0.05, 0) is 14.1 Å². The molecular weight excluding hydrogens is 290 g/mol. The molecule has 0 saturated carbocycles. The van der Waals surface area contributed by atoms with Crippen LogP contribution in [-0.4, -0.2) is 70.1 Å². The zero-order valence-electron chi connectivity index (χ0n) is 10.5. The summed E-state index contributed by atoms with van der Waals surface area (Å²) in [4.78, 5) is 26.7. The van der Waals surface area contributed by atoms with Crippen molar-refractivity contribution in [2.24, 2.45) is 0 Å². The largest absolute Gasteiger partial charge is 0.477 e. The maximum Gasteiger partial charge on any atom is 0.353 e. The monoisotopic (exact) mass is 303 g/mol. The molecule has 2 saturated heterocycles. The highest BCUT2D eigenvalue weighted by Gasteiger charge is 2.58. The third kappa shape index (κ3) is 1.72. The Kier molecular flexibility index (Phi) is 3.05. The summed E-state index contributed by atoms with van der Waals surface area (Å²) in [5.41, 5.74) is -0.0489. The zero-order valence-corrected chi connectivity index (χ0v) is 12.0. The number of rotatable bonds is 2. The lowest BCUT2D eigenvalue weighted by Gasteiger charge is -2.49. The second kappa shape index (κ2) is 4.37. The summed E-state index contributed by atoms with van der Waals surface area (Å²) in [6.07, 6.45) is 0. The zero-order chi connectivity index (χ0) is 13.9. The molecule has 3 aliphatic heterocycles. The van der Waals surface area contributed by atoms with E-state index in [9.17, 15) is 14.7 Å². The van der Waals surface area contributed by atoms with Crippen molar-refractivity contribution in [3.63, 3.8) is 0 Å². The molecule has 3 rings (SSSR count). The average Bonchev–Trinajstić information content (AvgIpc) is 2.46. The minimum Gasteiger partial charge on any atom is -0.477 e. The molecule has 3 heterocycles. The number of fused-ring (bicyclic) bond motifs is 1. The van der Waals surface area contributed by atoms with Gasteiger partial charge in [0.15, 0.2) is 0 Å². The van der Waals surface area contributed by atoms with E-state index in [2.05, 4.69) is 5.32 Å². The fraction of sp³-hybridized carbons (Fsp3) is 0.636. The first-order valence-corrected chi connectivity index (χ1v) is 7.27.